The van der Waals surface area contributed by atoms with Gasteiger partial charge in [0.25, 0.3) is 0 Å². The van der Waals surface area contributed by atoms with Gasteiger partial charge in [-0.1, -0.05) is 97.6 Å². The number of allylic oxidation sites excluding steroid dienone is 5. The molecule has 154 valence electrons. The Kier molecular flexibility index (Phi) is 5.71. The van der Waals surface area contributed by atoms with Gasteiger partial charge in [0.15, 0.2) is 0 Å². The van der Waals surface area contributed by atoms with Crippen LogP contribution in [0.3, 0.4) is 0 Å². The van der Waals surface area contributed by atoms with Gasteiger partial charge in [0.2, 0.25) is 0 Å². The van der Waals surface area contributed by atoms with E-state index in [1.807, 2.05) is 0 Å². The molecule has 0 fully saturated rings. The maximum Gasteiger partial charge on any atom is 0.00953 e. The van der Waals surface area contributed by atoms with E-state index in [2.05, 4.69) is 97.6 Å². The van der Waals surface area contributed by atoms with Gasteiger partial charge in [-0.05, 0) is 83.1 Å². The molecule has 1 unspecified atom stereocenters. The van der Waals surface area contributed by atoms with Crippen molar-refractivity contribution >= 4 is 0 Å². The number of fused-ring (bicyclic) bond motifs is 1. The summed E-state index contributed by atoms with van der Waals surface area (Å²) in [6.07, 6.45) is 13.2. The van der Waals surface area contributed by atoms with Gasteiger partial charge in [-0.15, -0.1) is 0 Å². The largest absolute Gasteiger partial charge is 0.0952 e. The van der Waals surface area contributed by atoms with Crippen molar-refractivity contribution in [2.45, 2.75) is 44.4 Å². The molecular weight excluding hydrogens is 372 g/mol. The first-order valence-electron chi connectivity index (χ1n) is 11.5. The Balaban J connectivity index is 1.31. The smallest absolute Gasteiger partial charge is 0.00953 e. The molecule has 3 aromatic carbocycles. The van der Waals surface area contributed by atoms with Crippen LogP contribution >= 0.6 is 0 Å². The van der Waals surface area contributed by atoms with Crippen molar-refractivity contribution in [2.24, 2.45) is 0 Å². The minimum absolute atomic E-state index is 0.545. The van der Waals surface area contributed by atoms with Crippen LogP contribution in [0.1, 0.15) is 58.6 Å². The standard InChI is InChI=1S/C31H30/c1-23(27-12-3-2-4-13-27)19-24-9-7-10-25(20-24)21-26-11-8-15-29(22-26)31-18-17-28-14-5-6-16-30(28)31/h2-3,5-12,14-16,20,22,31H,1,4,13,17-19,21H2. The zero-order valence-electron chi connectivity index (χ0n) is 18.2. The van der Waals surface area contributed by atoms with Gasteiger partial charge in [0.05, 0.1) is 0 Å². The van der Waals surface area contributed by atoms with Gasteiger partial charge < -0.3 is 0 Å². The van der Waals surface area contributed by atoms with Crippen molar-refractivity contribution in [1.82, 2.24) is 0 Å². The van der Waals surface area contributed by atoms with Gasteiger partial charge in [0.1, 0.15) is 0 Å². The molecule has 0 saturated heterocycles. The fourth-order valence-electron chi connectivity index (χ4n) is 5.17. The number of hydrogen-bond acceptors (Lipinski definition) is 0. The number of hydrogen-bond donors (Lipinski definition) is 0. The molecule has 0 spiro atoms. The van der Waals surface area contributed by atoms with Gasteiger partial charge >= 0.3 is 0 Å². The Morgan fingerprint density at radius 2 is 1.65 bits per heavy atom. The highest BCUT2D eigenvalue weighted by Crippen LogP contribution is 2.38. The zero-order chi connectivity index (χ0) is 21.0. The summed E-state index contributed by atoms with van der Waals surface area (Å²) in [5, 5.41) is 0. The van der Waals surface area contributed by atoms with Crippen LogP contribution in [0.5, 0.6) is 0 Å². The van der Waals surface area contributed by atoms with E-state index >= 15 is 0 Å². The first-order chi connectivity index (χ1) is 15.3. The summed E-state index contributed by atoms with van der Waals surface area (Å²) >= 11 is 0. The van der Waals surface area contributed by atoms with Crippen LogP contribution in [-0.4, -0.2) is 0 Å². The molecule has 0 bridgehead atoms. The maximum atomic E-state index is 4.36. The SMILES string of the molecule is C=C(Cc1cccc(Cc2cccc(C3CCc4ccccc43)c2)c1)C1=CC=CCC1. The van der Waals surface area contributed by atoms with Crippen LogP contribution in [0.4, 0.5) is 0 Å². The van der Waals surface area contributed by atoms with Crippen LogP contribution in [0.15, 0.2) is 109 Å². The second-order valence-corrected chi connectivity index (χ2v) is 8.97. The van der Waals surface area contributed by atoms with Crippen molar-refractivity contribution in [3.05, 3.63) is 142 Å². The Bertz CT molecular complexity index is 1160. The summed E-state index contributed by atoms with van der Waals surface area (Å²) in [7, 11) is 0. The number of aryl methyl sites for hydroxylation is 1. The lowest BCUT2D eigenvalue weighted by molar-refractivity contribution is 0.786. The van der Waals surface area contributed by atoms with Crippen molar-refractivity contribution in [2.75, 3.05) is 0 Å². The summed E-state index contributed by atoms with van der Waals surface area (Å²) in [6, 6.07) is 27.3. The number of rotatable bonds is 6. The molecule has 2 aliphatic rings. The molecule has 3 aromatic rings. The van der Waals surface area contributed by atoms with E-state index in [1.54, 1.807) is 0 Å². The molecule has 0 aromatic heterocycles. The monoisotopic (exact) mass is 402 g/mol. The third kappa shape index (κ3) is 4.49. The molecule has 0 radical (unpaired) electrons. The molecule has 0 N–H and O–H groups in total. The molecule has 0 heteroatoms. The summed E-state index contributed by atoms with van der Waals surface area (Å²) in [4.78, 5) is 0. The van der Waals surface area contributed by atoms with Gasteiger partial charge in [-0.3, -0.25) is 0 Å². The van der Waals surface area contributed by atoms with Gasteiger partial charge in [-0.2, -0.15) is 0 Å². The quantitative estimate of drug-likeness (QED) is 0.396. The van der Waals surface area contributed by atoms with E-state index in [0.717, 1.165) is 25.7 Å². The Morgan fingerprint density at radius 1 is 0.839 bits per heavy atom. The van der Waals surface area contributed by atoms with Crippen molar-refractivity contribution in [1.29, 1.82) is 0 Å². The first-order valence-corrected chi connectivity index (χ1v) is 11.5. The van der Waals surface area contributed by atoms with Crippen molar-refractivity contribution < 1.29 is 0 Å². The molecule has 1 atom stereocenters. The van der Waals surface area contributed by atoms with Crippen molar-refractivity contribution in [3.63, 3.8) is 0 Å². The predicted molar refractivity (Wildman–Crippen MR) is 132 cm³/mol. The predicted octanol–water partition coefficient (Wildman–Crippen LogP) is 7.73. The maximum absolute atomic E-state index is 4.36. The van der Waals surface area contributed by atoms with E-state index in [4.69, 9.17) is 0 Å². The molecule has 0 nitrogen and oxygen atoms in total. The molecule has 0 aliphatic heterocycles. The Labute approximate surface area is 186 Å². The fraction of sp³-hybridized carbons (Fsp3) is 0.226. The minimum Gasteiger partial charge on any atom is -0.0952 e. The third-order valence-electron chi connectivity index (χ3n) is 6.77. The minimum atomic E-state index is 0.545. The molecule has 0 heterocycles. The van der Waals surface area contributed by atoms with Gasteiger partial charge in [-0.25, -0.2) is 0 Å². The average Bonchev–Trinajstić information content (AvgIpc) is 3.24. The molecule has 5 rings (SSSR count). The van der Waals surface area contributed by atoms with E-state index < -0.39 is 0 Å². The zero-order valence-corrected chi connectivity index (χ0v) is 18.2. The normalized spacial score (nSPS) is 17.3. The van der Waals surface area contributed by atoms with E-state index in [1.165, 1.54) is 57.4 Å². The summed E-state index contributed by atoms with van der Waals surface area (Å²) in [5.41, 5.74) is 11.3. The summed E-state index contributed by atoms with van der Waals surface area (Å²) in [6.45, 7) is 4.36. The average molecular weight is 403 g/mol. The second-order valence-electron chi connectivity index (χ2n) is 8.97. The lowest BCUT2D eigenvalue weighted by atomic mass is 9.90. The lowest BCUT2D eigenvalue weighted by Crippen LogP contribution is -1.99. The second kappa shape index (κ2) is 8.94. The number of benzene rings is 3. The van der Waals surface area contributed by atoms with Crippen LogP contribution in [0, 0.1) is 0 Å². The first kappa shape index (κ1) is 19.8. The highest BCUT2D eigenvalue weighted by molar-refractivity contribution is 5.44. The highest BCUT2D eigenvalue weighted by atomic mass is 14.3. The Morgan fingerprint density at radius 3 is 2.52 bits per heavy atom. The van der Waals surface area contributed by atoms with Crippen LogP contribution in [-0.2, 0) is 19.3 Å². The highest BCUT2D eigenvalue weighted by Gasteiger charge is 2.23. The van der Waals surface area contributed by atoms with Crippen molar-refractivity contribution in [3.8, 4) is 0 Å². The molecule has 2 aliphatic carbocycles. The summed E-state index contributed by atoms with van der Waals surface area (Å²) < 4.78 is 0. The van der Waals surface area contributed by atoms with E-state index in [9.17, 15) is 0 Å². The molecule has 31 heavy (non-hydrogen) atoms. The van der Waals surface area contributed by atoms with Crippen LogP contribution in [0.25, 0.3) is 0 Å². The topological polar surface area (TPSA) is 0 Å². The third-order valence-corrected chi connectivity index (χ3v) is 6.77. The fourth-order valence-corrected chi connectivity index (χ4v) is 5.17. The van der Waals surface area contributed by atoms with Crippen LogP contribution < -0.4 is 0 Å². The molecule has 0 saturated carbocycles. The molecule has 0 amide bonds. The van der Waals surface area contributed by atoms with E-state index in [0.29, 0.717) is 5.92 Å². The van der Waals surface area contributed by atoms with E-state index in [-0.39, 0.29) is 0 Å². The lowest BCUT2D eigenvalue weighted by Gasteiger charge is -2.15. The van der Waals surface area contributed by atoms with Crippen LogP contribution in [0.2, 0.25) is 0 Å². The van der Waals surface area contributed by atoms with Gasteiger partial charge in [0, 0.05) is 5.92 Å². The Hall–Kier alpha value is -3.12. The summed E-state index contributed by atoms with van der Waals surface area (Å²) in [5.74, 6) is 0.545. The molecular formula is C31H30.